The van der Waals surface area contributed by atoms with E-state index in [2.05, 4.69) is 0 Å². The van der Waals surface area contributed by atoms with Crippen molar-refractivity contribution >= 4 is 11.8 Å². The lowest BCUT2D eigenvalue weighted by molar-refractivity contribution is -0.138. The molecule has 0 saturated carbocycles. The van der Waals surface area contributed by atoms with Crippen molar-refractivity contribution in [3.8, 4) is 17.2 Å². The Bertz CT molecular complexity index is 952. The van der Waals surface area contributed by atoms with E-state index in [1.807, 2.05) is 29.2 Å². The Morgan fingerprint density at radius 3 is 2.45 bits per heavy atom. The maximum atomic E-state index is 12.9. The summed E-state index contributed by atoms with van der Waals surface area (Å²) in [6.07, 6.45) is 0.700. The van der Waals surface area contributed by atoms with Crippen LogP contribution in [-0.2, 0) is 11.2 Å². The van der Waals surface area contributed by atoms with Crippen molar-refractivity contribution in [2.45, 2.75) is 6.42 Å². The predicted molar refractivity (Wildman–Crippen MR) is 104 cm³/mol. The van der Waals surface area contributed by atoms with Gasteiger partial charge in [0.1, 0.15) is 12.4 Å². The highest BCUT2D eigenvalue weighted by Crippen LogP contribution is 2.33. The van der Waals surface area contributed by atoms with Crippen molar-refractivity contribution in [3.05, 3.63) is 53.6 Å². The molecule has 0 N–H and O–H groups in total. The summed E-state index contributed by atoms with van der Waals surface area (Å²) in [6, 6.07) is 13.1. The molecule has 0 radical (unpaired) electrons. The van der Waals surface area contributed by atoms with Crippen molar-refractivity contribution in [3.63, 3.8) is 0 Å². The average molecular weight is 394 g/mol. The molecule has 3 aliphatic rings. The van der Waals surface area contributed by atoms with Crippen LogP contribution < -0.4 is 14.2 Å². The second-order valence-corrected chi connectivity index (χ2v) is 7.51. The van der Waals surface area contributed by atoms with Gasteiger partial charge in [0.15, 0.2) is 11.5 Å². The zero-order valence-corrected chi connectivity index (χ0v) is 16.0. The standard InChI is InChI=1S/C22H22N2O5/c25-21(16-5-6-19-20(12-16)29-14-28-19)23-7-9-24(10-8-23)22(26)17-11-15-3-1-2-4-18(15)27-13-17/h1-6,12,17H,7-11,13-14H2. The van der Waals surface area contributed by atoms with Gasteiger partial charge in [-0.2, -0.15) is 0 Å². The molecule has 150 valence electrons. The molecular weight excluding hydrogens is 372 g/mol. The van der Waals surface area contributed by atoms with Crippen molar-refractivity contribution in [1.82, 2.24) is 9.80 Å². The average Bonchev–Trinajstić information content (AvgIpc) is 3.26. The van der Waals surface area contributed by atoms with Gasteiger partial charge in [0.25, 0.3) is 5.91 Å². The van der Waals surface area contributed by atoms with E-state index in [0.29, 0.717) is 56.3 Å². The first-order valence-corrected chi connectivity index (χ1v) is 9.87. The number of piperazine rings is 1. The maximum Gasteiger partial charge on any atom is 0.254 e. The molecule has 29 heavy (non-hydrogen) atoms. The van der Waals surface area contributed by atoms with Crippen molar-refractivity contribution in [1.29, 1.82) is 0 Å². The Hall–Kier alpha value is -3.22. The van der Waals surface area contributed by atoms with Gasteiger partial charge in [0.2, 0.25) is 12.7 Å². The summed E-state index contributed by atoms with van der Waals surface area (Å²) < 4.78 is 16.4. The molecule has 5 rings (SSSR count). The summed E-state index contributed by atoms with van der Waals surface area (Å²) in [4.78, 5) is 29.4. The maximum absolute atomic E-state index is 12.9. The van der Waals surface area contributed by atoms with Gasteiger partial charge in [0.05, 0.1) is 5.92 Å². The van der Waals surface area contributed by atoms with Crippen LogP contribution in [0.1, 0.15) is 15.9 Å². The number of para-hydroxylation sites is 1. The summed E-state index contributed by atoms with van der Waals surface area (Å²) in [5, 5.41) is 0. The van der Waals surface area contributed by atoms with Crippen LogP contribution in [0.3, 0.4) is 0 Å². The van der Waals surface area contributed by atoms with E-state index in [9.17, 15) is 9.59 Å². The van der Waals surface area contributed by atoms with Gasteiger partial charge in [0, 0.05) is 31.7 Å². The molecule has 1 fully saturated rings. The number of carbonyl (C=O) groups excluding carboxylic acids is 2. The largest absolute Gasteiger partial charge is 0.492 e. The third-order valence-electron chi connectivity index (χ3n) is 5.73. The van der Waals surface area contributed by atoms with E-state index in [1.165, 1.54) is 0 Å². The molecule has 7 heteroatoms. The fraction of sp³-hybridized carbons (Fsp3) is 0.364. The molecule has 2 amide bonds. The lowest BCUT2D eigenvalue weighted by atomic mass is 9.95. The van der Waals surface area contributed by atoms with Gasteiger partial charge in [-0.1, -0.05) is 18.2 Å². The smallest absolute Gasteiger partial charge is 0.254 e. The Kier molecular flexibility index (Phi) is 4.50. The van der Waals surface area contributed by atoms with Crippen LogP contribution >= 0.6 is 0 Å². The minimum absolute atomic E-state index is 0.0506. The minimum atomic E-state index is -0.166. The molecule has 0 aliphatic carbocycles. The monoisotopic (exact) mass is 394 g/mol. The number of ether oxygens (including phenoxy) is 3. The van der Waals surface area contributed by atoms with Gasteiger partial charge in [-0.25, -0.2) is 0 Å². The Labute approximate surface area is 168 Å². The summed E-state index contributed by atoms with van der Waals surface area (Å²) in [5.74, 6) is 2.02. The Morgan fingerprint density at radius 2 is 1.59 bits per heavy atom. The number of rotatable bonds is 2. The molecule has 0 spiro atoms. The van der Waals surface area contributed by atoms with Crippen LogP contribution in [0.4, 0.5) is 0 Å². The predicted octanol–water partition coefficient (Wildman–Crippen LogP) is 1.95. The van der Waals surface area contributed by atoms with Gasteiger partial charge >= 0.3 is 0 Å². The molecule has 1 saturated heterocycles. The Balaban J connectivity index is 1.19. The number of carbonyl (C=O) groups is 2. The highest BCUT2D eigenvalue weighted by atomic mass is 16.7. The first-order chi connectivity index (χ1) is 14.2. The highest BCUT2D eigenvalue weighted by molar-refractivity contribution is 5.95. The molecule has 7 nitrogen and oxygen atoms in total. The summed E-state index contributed by atoms with van der Waals surface area (Å²) >= 11 is 0. The van der Waals surface area contributed by atoms with Gasteiger partial charge in [-0.15, -0.1) is 0 Å². The third-order valence-corrected chi connectivity index (χ3v) is 5.73. The van der Waals surface area contributed by atoms with E-state index in [4.69, 9.17) is 14.2 Å². The quantitative estimate of drug-likeness (QED) is 0.779. The van der Waals surface area contributed by atoms with Crippen LogP contribution in [0, 0.1) is 5.92 Å². The van der Waals surface area contributed by atoms with Crippen molar-refractivity contribution in [2.75, 3.05) is 39.6 Å². The second-order valence-electron chi connectivity index (χ2n) is 7.51. The van der Waals surface area contributed by atoms with Gasteiger partial charge in [-0.05, 0) is 36.2 Å². The van der Waals surface area contributed by atoms with Crippen LogP contribution in [0.5, 0.6) is 17.2 Å². The zero-order chi connectivity index (χ0) is 19.8. The number of hydrogen-bond acceptors (Lipinski definition) is 5. The highest BCUT2D eigenvalue weighted by Gasteiger charge is 2.32. The lowest BCUT2D eigenvalue weighted by Gasteiger charge is -2.37. The normalized spacial score (nSPS) is 20.1. The minimum Gasteiger partial charge on any atom is -0.492 e. The summed E-state index contributed by atoms with van der Waals surface area (Å²) in [5.41, 5.74) is 1.65. The van der Waals surface area contributed by atoms with E-state index >= 15 is 0 Å². The van der Waals surface area contributed by atoms with E-state index in [0.717, 1.165) is 11.3 Å². The van der Waals surface area contributed by atoms with Crippen molar-refractivity contribution < 1.29 is 23.8 Å². The van der Waals surface area contributed by atoms with E-state index in [1.54, 1.807) is 23.1 Å². The fourth-order valence-corrected chi connectivity index (χ4v) is 4.09. The van der Waals surface area contributed by atoms with Crippen LogP contribution in [0.15, 0.2) is 42.5 Å². The van der Waals surface area contributed by atoms with Crippen molar-refractivity contribution in [2.24, 2.45) is 5.92 Å². The third kappa shape index (κ3) is 3.37. The molecule has 3 aliphatic heterocycles. The molecular formula is C22H22N2O5. The zero-order valence-electron chi connectivity index (χ0n) is 16.0. The second kappa shape index (κ2) is 7.31. The fourth-order valence-electron chi connectivity index (χ4n) is 4.09. The molecule has 2 aromatic carbocycles. The summed E-state index contributed by atoms with van der Waals surface area (Å²) in [7, 11) is 0. The van der Waals surface area contributed by atoms with Crippen LogP contribution in [0.2, 0.25) is 0 Å². The topological polar surface area (TPSA) is 68.3 Å². The van der Waals surface area contributed by atoms with E-state index < -0.39 is 0 Å². The first-order valence-electron chi connectivity index (χ1n) is 9.87. The number of amides is 2. The molecule has 0 bridgehead atoms. The number of fused-ring (bicyclic) bond motifs is 2. The molecule has 0 aromatic heterocycles. The molecule has 1 unspecified atom stereocenters. The van der Waals surface area contributed by atoms with Gasteiger partial charge in [-0.3, -0.25) is 9.59 Å². The molecule has 3 heterocycles. The Morgan fingerprint density at radius 1 is 0.828 bits per heavy atom. The van der Waals surface area contributed by atoms with Crippen LogP contribution in [-0.4, -0.2) is 61.2 Å². The lowest BCUT2D eigenvalue weighted by Crippen LogP contribution is -2.53. The van der Waals surface area contributed by atoms with Crippen LogP contribution in [0.25, 0.3) is 0 Å². The SMILES string of the molecule is O=C(c1ccc2c(c1)OCO2)N1CCN(C(=O)C2COc3ccccc3C2)CC1. The van der Waals surface area contributed by atoms with E-state index in [-0.39, 0.29) is 24.5 Å². The first kappa shape index (κ1) is 17.8. The molecule has 1 atom stereocenters. The summed E-state index contributed by atoms with van der Waals surface area (Å²) in [6.45, 7) is 2.70. The van der Waals surface area contributed by atoms with Gasteiger partial charge < -0.3 is 24.0 Å². The number of nitrogens with zero attached hydrogens (tertiary/aromatic N) is 2. The number of hydrogen-bond donors (Lipinski definition) is 0. The number of benzene rings is 2. The molecule has 2 aromatic rings.